The Labute approximate surface area is 135 Å². The summed E-state index contributed by atoms with van der Waals surface area (Å²) in [6.45, 7) is 3.08. The number of hydrogen-bond donors (Lipinski definition) is 0. The molecule has 0 N–H and O–H groups in total. The molecule has 0 aliphatic carbocycles. The highest BCUT2D eigenvalue weighted by Gasteiger charge is 1.98. The highest BCUT2D eigenvalue weighted by Crippen LogP contribution is 2.17. The monoisotopic (exact) mass is 295 g/mol. The van der Waals surface area contributed by atoms with E-state index in [0.717, 1.165) is 18.8 Å². The van der Waals surface area contributed by atoms with Crippen LogP contribution in [0.3, 0.4) is 0 Å². The predicted molar refractivity (Wildman–Crippen MR) is 94.3 cm³/mol. The number of rotatable bonds is 10. The van der Waals surface area contributed by atoms with E-state index in [-0.39, 0.29) is 0 Å². The van der Waals surface area contributed by atoms with E-state index in [9.17, 15) is 0 Å². The second kappa shape index (κ2) is 10.0. The molecule has 2 rings (SSSR count). The van der Waals surface area contributed by atoms with Gasteiger partial charge < -0.3 is 4.74 Å². The van der Waals surface area contributed by atoms with E-state index in [1.54, 1.807) is 0 Å². The lowest BCUT2D eigenvalue weighted by molar-refractivity contribution is 0.304. The van der Waals surface area contributed by atoms with Crippen LogP contribution in [0.4, 0.5) is 0 Å². The predicted octanol–water partition coefficient (Wildman–Crippen LogP) is 6.03. The molecular formula is C21H27O. The Hall–Kier alpha value is -1.76. The minimum Gasteiger partial charge on any atom is -0.494 e. The topological polar surface area (TPSA) is 9.23 Å². The van der Waals surface area contributed by atoms with Crippen molar-refractivity contribution in [2.75, 3.05) is 6.61 Å². The van der Waals surface area contributed by atoms with Crippen molar-refractivity contribution < 1.29 is 4.74 Å². The quantitative estimate of drug-likeness (QED) is 0.486. The molecule has 0 atom stereocenters. The first-order valence-corrected chi connectivity index (χ1v) is 8.51. The van der Waals surface area contributed by atoms with Crippen LogP contribution in [-0.4, -0.2) is 6.61 Å². The van der Waals surface area contributed by atoms with Crippen LogP contribution in [0.25, 0.3) is 0 Å². The second-order valence-corrected chi connectivity index (χ2v) is 5.74. The third-order valence-electron chi connectivity index (χ3n) is 3.78. The summed E-state index contributed by atoms with van der Waals surface area (Å²) in [5, 5.41) is 0. The summed E-state index contributed by atoms with van der Waals surface area (Å²) in [4.78, 5) is 0. The van der Waals surface area contributed by atoms with E-state index in [0.29, 0.717) is 0 Å². The normalized spacial score (nSPS) is 10.6. The van der Waals surface area contributed by atoms with Crippen LogP contribution >= 0.6 is 0 Å². The summed E-state index contributed by atoms with van der Waals surface area (Å²) < 4.78 is 5.80. The zero-order valence-corrected chi connectivity index (χ0v) is 13.6. The molecule has 0 fully saturated rings. The summed E-state index contributed by atoms with van der Waals surface area (Å²) in [5.41, 5.74) is 2.43. The molecule has 0 unspecified atom stereocenters. The van der Waals surface area contributed by atoms with E-state index in [4.69, 9.17) is 4.74 Å². The summed E-state index contributed by atoms with van der Waals surface area (Å²) in [6.07, 6.45) is 9.98. The molecule has 0 saturated carbocycles. The van der Waals surface area contributed by atoms with E-state index in [1.165, 1.54) is 43.2 Å². The Morgan fingerprint density at radius 1 is 0.727 bits per heavy atom. The van der Waals surface area contributed by atoms with Gasteiger partial charge in [-0.15, -0.1) is 0 Å². The first-order chi connectivity index (χ1) is 10.9. The van der Waals surface area contributed by atoms with Gasteiger partial charge in [0.2, 0.25) is 0 Å². The SMILES string of the molecule is CCCCCCCCOc1ccc([CH]c2ccccc2)cc1. The van der Waals surface area contributed by atoms with E-state index in [2.05, 4.69) is 61.9 Å². The Balaban J connectivity index is 1.66. The smallest absolute Gasteiger partial charge is 0.119 e. The number of ether oxygens (including phenoxy) is 1. The molecule has 22 heavy (non-hydrogen) atoms. The van der Waals surface area contributed by atoms with Gasteiger partial charge in [-0.3, -0.25) is 0 Å². The number of hydrogen-bond acceptors (Lipinski definition) is 1. The van der Waals surface area contributed by atoms with Crippen LogP contribution in [0.2, 0.25) is 0 Å². The molecule has 2 aromatic rings. The lowest BCUT2D eigenvalue weighted by atomic mass is 10.1. The fourth-order valence-electron chi connectivity index (χ4n) is 2.47. The lowest BCUT2D eigenvalue weighted by Crippen LogP contribution is -1.97. The number of benzene rings is 2. The summed E-state index contributed by atoms with van der Waals surface area (Å²) in [5.74, 6) is 0.971. The molecular weight excluding hydrogens is 268 g/mol. The van der Waals surface area contributed by atoms with Gasteiger partial charge in [-0.2, -0.15) is 0 Å². The number of unbranched alkanes of at least 4 members (excludes halogenated alkanes) is 5. The van der Waals surface area contributed by atoms with Crippen molar-refractivity contribution >= 4 is 0 Å². The molecule has 0 spiro atoms. The van der Waals surface area contributed by atoms with Gasteiger partial charge in [0.05, 0.1) is 6.61 Å². The standard InChI is InChI=1S/C21H27O/c1-2-3-4-5-6-10-17-22-21-15-13-20(14-16-21)18-19-11-8-7-9-12-19/h7-9,11-16,18H,2-6,10,17H2,1H3. The summed E-state index contributed by atoms with van der Waals surface area (Å²) in [6, 6.07) is 18.7. The Kier molecular flexibility index (Phi) is 7.59. The molecule has 1 heteroatoms. The van der Waals surface area contributed by atoms with Gasteiger partial charge in [-0.1, -0.05) is 81.5 Å². The molecule has 2 aromatic carbocycles. The fourth-order valence-corrected chi connectivity index (χ4v) is 2.47. The van der Waals surface area contributed by atoms with Crippen LogP contribution in [-0.2, 0) is 0 Å². The summed E-state index contributed by atoms with van der Waals surface area (Å²) in [7, 11) is 0. The van der Waals surface area contributed by atoms with Gasteiger partial charge in [0.15, 0.2) is 0 Å². The maximum Gasteiger partial charge on any atom is 0.119 e. The molecule has 0 saturated heterocycles. The van der Waals surface area contributed by atoms with Gasteiger partial charge >= 0.3 is 0 Å². The van der Waals surface area contributed by atoms with E-state index >= 15 is 0 Å². The molecule has 0 aliphatic heterocycles. The Bertz CT molecular complexity index is 501. The van der Waals surface area contributed by atoms with Crippen molar-refractivity contribution in [3.8, 4) is 5.75 Å². The first-order valence-electron chi connectivity index (χ1n) is 8.51. The maximum atomic E-state index is 5.80. The van der Waals surface area contributed by atoms with Crippen LogP contribution in [0.5, 0.6) is 5.75 Å². The van der Waals surface area contributed by atoms with Crippen molar-refractivity contribution in [1.82, 2.24) is 0 Å². The van der Waals surface area contributed by atoms with Crippen molar-refractivity contribution in [2.24, 2.45) is 0 Å². The van der Waals surface area contributed by atoms with Gasteiger partial charge in [0, 0.05) is 6.42 Å². The van der Waals surface area contributed by atoms with Gasteiger partial charge in [0.1, 0.15) is 5.75 Å². The molecule has 0 amide bonds. The third kappa shape index (κ3) is 6.34. The van der Waals surface area contributed by atoms with Crippen molar-refractivity contribution in [3.05, 3.63) is 72.1 Å². The zero-order chi connectivity index (χ0) is 15.5. The molecule has 0 heterocycles. The average molecular weight is 295 g/mol. The van der Waals surface area contributed by atoms with Crippen LogP contribution in [0.1, 0.15) is 56.6 Å². The van der Waals surface area contributed by atoms with Crippen LogP contribution in [0, 0.1) is 6.42 Å². The second-order valence-electron chi connectivity index (χ2n) is 5.74. The third-order valence-corrected chi connectivity index (χ3v) is 3.78. The molecule has 0 aliphatic rings. The average Bonchev–Trinajstić information content (AvgIpc) is 2.56. The fraction of sp³-hybridized carbons (Fsp3) is 0.381. The van der Waals surface area contributed by atoms with Crippen molar-refractivity contribution in [1.29, 1.82) is 0 Å². The largest absolute Gasteiger partial charge is 0.494 e. The Morgan fingerprint density at radius 2 is 1.36 bits per heavy atom. The van der Waals surface area contributed by atoms with Gasteiger partial charge in [-0.25, -0.2) is 0 Å². The minimum atomic E-state index is 0.827. The van der Waals surface area contributed by atoms with Crippen molar-refractivity contribution in [2.45, 2.75) is 45.4 Å². The molecule has 0 bridgehead atoms. The highest BCUT2D eigenvalue weighted by molar-refractivity contribution is 5.39. The maximum absolute atomic E-state index is 5.80. The molecule has 117 valence electrons. The highest BCUT2D eigenvalue weighted by atomic mass is 16.5. The van der Waals surface area contributed by atoms with Crippen molar-refractivity contribution in [3.63, 3.8) is 0 Å². The van der Waals surface area contributed by atoms with Gasteiger partial charge in [-0.05, 0) is 29.7 Å². The van der Waals surface area contributed by atoms with E-state index in [1.807, 2.05) is 6.07 Å². The van der Waals surface area contributed by atoms with Gasteiger partial charge in [0.25, 0.3) is 0 Å². The molecule has 1 radical (unpaired) electrons. The minimum absolute atomic E-state index is 0.827. The molecule has 0 aromatic heterocycles. The zero-order valence-electron chi connectivity index (χ0n) is 13.6. The lowest BCUT2D eigenvalue weighted by Gasteiger charge is -2.07. The van der Waals surface area contributed by atoms with Crippen LogP contribution in [0.15, 0.2) is 54.6 Å². The first kappa shape index (κ1) is 16.6. The Morgan fingerprint density at radius 3 is 2.09 bits per heavy atom. The van der Waals surface area contributed by atoms with E-state index < -0.39 is 0 Å². The summed E-state index contributed by atoms with van der Waals surface area (Å²) >= 11 is 0. The van der Waals surface area contributed by atoms with Crippen LogP contribution < -0.4 is 4.74 Å². The molecule has 1 nitrogen and oxygen atoms in total.